The van der Waals surface area contributed by atoms with E-state index in [1.807, 2.05) is 0 Å². The van der Waals surface area contributed by atoms with Gasteiger partial charge >= 0.3 is 0 Å². The molecule has 0 amide bonds. The van der Waals surface area contributed by atoms with Gasteiger partial charge in [0, 0.05) is 25.4 Å². The van der Waals surface area contributed by atoms with Crippen molar-refractivity contribution in [3.05, 3.63) is 15.1 Å². The van der Waals surface area contributed by atoms with Gasteiger partial charge in [0.2, 0.25) is 0 Å². The number of anilines is 1. The van der Waals surface area contributed by atoms with Crippen LogP contribution in [0.15, 0.2) is 0 Å². The Hall–Kier alpha value is -0.430. The standard InChI is InChI=1S/C16H27IN4/c1-4-10-18-16-14(17)15(12-7-8-12)19-13(20-16)9-11-21(5-2)6-3/h12H,4-11H2,1-3H3,(H,18,19,20). The van der Waals surface area contributed by atoms with Crippen LogP contribution >= 0.6 is 22.6 Å². The maximum atomic E-state index is 4.86. The number of likely N-dealkylation sites (N-methyl/N-ethyl adjacent to an activating group) is 1. The highest BCUT2D eigenvalue weighted by Crippen LogP contribution is 2.42. The third-order valence-electron chi connectivity index (χ3n) is 3.98. The average molecular weight is 402 g/mol. The molecule has 1 aliphatic carbocycles. The van der Waals surface area contributed by atoms with Crippen LogP contribution in [0.5, 0.6) is 0 Å². The molecule has 1 aromatic heterocycles. The van der Waals surface area contributed by atoms with E-state index in [0.717, 1.165) is 50.7 Å². The van der Waals surface area contributed by atoms with E-state index in [4.69, 9.17) is 9.97 Å². The van der Waals surface area contributed by atoms with Crippen molar-refractivity contribution >= 4 is 28.4 Å². The number of hydrogen-bond donors (Lipinski definition) is 1. The zero-order chi connectivity index (χ0) is 15.2. The van der Waals surface area contributed by atoms with Crippen LogP contribution < -0.4 is 5.32 Å². The summed E-state index contributed by atoms with van der Waals surface area (Å²) in [4.78, 5) is 12.1. The lowest BCUT2D eigenvalue weighted by molar-refractivity contribution is 0.305. The highest BCUT2D eigenvalue weighted by atomic mass is 127. The van der Waals surface area contributed by atoms with E-state index in [-0.39, 0.29) is 0 Å². The van der Waals surface area contributed by atoms with Crippen LogP contribution in [0.1, 0.15) is 57.5 Å². The first kappa shape index (κ1) is 16.9. The van der Waals surface area contributed by atoms with Gasteiger partial charge in [-0.05, 0) is 54.9 Å². The molecule has 1 fully saturated rings. The molecule has 1 heterocycles. The monoisotopic (exact) mass is 402 g/mol. The number of rotatable bonds is 9. The quantitative estimate of drug-likeness (QED) is 0.640. The van der Waals surface area contributed by atoms with Crippen LogP contribution in [-0.4, -0.2) is 41.0 Å². The topological polar surface area (TPSA) is 41.1 Å². The summed E-state index contributed by atoms with van der Waals surface area (Å²) < 4.78 is 1.23. The third kappa shape index (κ3) is 4.77. The lowest BCUT2D eigenvalue weighted by Crippen LogP contribution is -2.26. The van der Waals surface area contributed by atoms with E-state index in [1.54, 1.807) is 0 Å². The summed E-state index contributed by atoms with van der Waals surface area (Å²) in [5.74, 6) is 2.72. The van der Waals surface area contributed by atoms with Crippen molar-refractivity contribution in [2.75, 3.05) is 31.5 Å². The lowest BCUT2D eigenvalue weighted by atomic mass is 10.2. The van der Waals surface area contributed by atoms with E-state index in [9.17, 15) is 0 Å². The average Bonchev–Trinajstić information content (AvgIpc) is 3.32. The number of nitrogens with one attached hydrogen (secondary N) is 1. The Morgan fingerprint density at radius 3 is 2.48 bits per heavy atom. The van der Waals surface area contributed by atoms with Crippen molar-refractivity contribution in [2.45, 2.75) is 52.4 Å². The van der Waals surface area contributed by atoms with Crippen molar-refractivity contribution in [3.63, 3.8) is 0 Å². The first-order chi connectivity index (χ1) is 10.2. The Morgan fingerprint density at radius 2 is 1.90 bits per heavy atom. The molecule has 1 saturated carbocycles. The summed E-state index contributed by atoms with van der Waals surface area (Å²) in [6, 6.07) is 0. The van der Waals surface area contributed by atoms with E-state index >= 15 is 0 Å². The van der Waals surface area contributed by atoms with Crippen LogP contribution in [0.3, 0.4) is 0 Å². The largest absolute Gasteiger partial charge is 0.369 e. The normalized spacial score (nSPS) is 14.7. The Labute approximate surface area is 142 Å². The minimum atomic E-state index is 0.675. The molecule has 4 nitrogen and oxygen atoms in total. The van der Waals surface area contributed by atoms with Crippen LogP contribution in [0.4, 0.5) is 5.82 Å². The highest BCUT2D eigenvalue weighted by Gasteiger charge is 2.29. The Bertz CT molecular complexity index is 456. The number of aromatic nitrogens is 2. The fraction of sp³-hybridized carbons (Fsp3) is 0.750. The molecule has 0 aliphatic heterocycles. The van der Waals surface area contributed by atoms with Crippen molar-refractivity contribution < 1.29 is 0 Å². The van der Waals surface area contributed by atoms with Gasteiger partial charge in [-0.2, -0.15) is 0 Å². The third-order valence-corrected chi connectivity index (χ3v) is 5.04. The summed E-state index contributed by atoms with van der Waals surface area (Å²) in [5.41, 5.74) is 1.28. The SMILES string of the molecule is CCCNc1nc(CCN(CC)CC)nc(C2CC2)c1I. The van der Waals surface area contributed by atoms with E-state index in [0.29, 0.717) is 5.92 Å². The zero-order valence-corrected chi connectivity index (χ0v) is 15.6. The molecular formula is C16H27IN4. The molecular weight excluding hydrogens is 375 g/mol. The van der Waals surface area contributed by atoms with Gasteiger partial charge in [0.1, 0.15) is 11.6 Å². The molecule has 0 bridgehead atoms. The first-order valence-corrected chi connectivity index (χ1v) is 9.29. The van der Waals surface area contributed by atoms with Crippen LogP contribution in [0, 0.1) is 3.57 Å². The fourth-order valence-corrected chi connectivity index (χ4v) is 3.28. The maximum absolute atomic E-state index is 4.86. The molecule has 21 heavy (non-hydrogen) atoms. The number of halogens is 1. The van der Waals surface area contributed by atoms with Crippen LogP contribution in [0.2, 0.25) is 0 Å². The fourth-order valence-electron chi connectivity index (χ4n) is 2.41. The summed E-state index contributed by atoms with van der Waals surface area (Å²) in [6.07, 6.45) is 4.64. The van der Waals surface area contributed by atoms with Gasteiger partial charge in [-0.25, -0.2) is 9.97 Å². The Morgan fingerprint density at radius 1 is 1.19 bits per heavy atom. The van der Waals surface area contributed by atoms with Gasteiger partial charge in [-0.1, -0.05) is 20.8 Å². The minimum absolute atomic E-state index is 0.675. The van der Waals surface area contributed by atoms with Crippen LogP contribution in [0.25, 0.3) is 0 Å². The minimum Gasteiger partial charge on any atom is -0.369 e. The van der Waals surface area contributed by atoms with E-state index in [1.165, 1.54) is 22.1 Å². The summed E-state index contributed by atoms with van der Waals surface area (Å²) >= 11 is 2.41. The van der Waals surface area contributed by atoms with Crippen molar-refractivity contribution in [1.82, 2.24) is 14.9 Å². The molecule has 1 aromatic rings. The van der Waals surface area contributed by atoms with Crippen molar-refractivity contribution in [1.29, 1.82) is 0 Å². The Balaban J connectivity index is 2.13. The van der Waals surface area contributed by atoms with Gasteiger partial charge in [0.05, 0.1) is 9.26 Å². The van der Waals surface area contributed by atoms with E-state index in [2.05, 4.69) is 53.6 Å². The number of hydrogen-bond acceptors (Lipinski definition) is 4. The van der Waals surface area contributed by atoms with Gasteiger partial charge in [0.15, 0.2) is 0 Å². The molecule has 0 radical (unpaired) electrons. The van der Waals surface area contributed by atoms with E-state index < -0.39 is 0 Å². The molecule has 5 heteroatoms. The van der Waals surface area contributed by atoms with Gasteiger partial charge in [-0.15, -0.1) is 0 Å². The van der Waals surface area contributed by atoms with Crippen molar-refractivity contribution in [2.24, 2.45) is 0 Å². The van der Waals surface area contributed by atoms with Crippen molar-refractivity contribution in [3.8, 4) is 0 Å². The molecule has 2 rings (SSSR count). The highest BCUT2D eigenvalue weighted by molar-refractivity contribution is 14.1. The second-order valence-electron chi connectivity index (χ2n) is 5.67. The predicted molar refractivity (Wildman–Crippen MR) is 97.0 cm³/mol. The lowest BCUT2D eigenvalue weighted by Gasteiger charge is -2.18. The summed E-state index contributed by atoms with van der Waals surface area (Å²) in [5, 5.41) is 3.47. The second kappa shape index (κ2) is 8.27. The molecule has 1 N–H and O–H groups in total. The molecule has 118 valence electrons. The molecule has 1 aliphatic rings. The smallest absolute Gasteiger partial charge is 0.143 e. The predicted octanol–water partition coefficient (Wildman–Crippen LogP) is 3.66. The molecule has 0 aromatic carbocycles. The Kier molecular flexibility index (Phi) is 6.67. The summed E-state index contributed by atoms with van der Waals surface area (Å²) in [6.45, 7) is 10.8. The summed E-state index contributed by atoms with van der Waals surface area (Å²) in [7, 11) is 0. The van der Waals surface area contributed by atoms with Gasteiger partial charge in [-0.3, -0.25) is 0 Å². The zero-order valence-electron chi connectivity index (χ0n) is 13.5. The van der Waals surface area contributed by atoms with Gasteiger partial charge < -0.3 is 10.2 Å². The molecule has 0 saturated heterocycles. The molecule has 0 unspecified atom stereocenters. The molecule has 0 spiro atoms. The maximum Gasteiger partial charge on any atom is 0.143 e. The first-order valence-electron chi connectivity index (χ1n) is 8.22. The van der Waals surface area contributed by atoms with Gasteiger partial charge in [0.25, 0.3) is 0 Å². The van der Waals surface area contributed by atoms with Crippen LogP contribution in [-0.2, 0) is 6.42 Å². The second-order valence-corrected chi connectivity index (χ2v) is 6.74. The number of nitrogens with zero attached hydrogens (tertiary/aromatic N) is 3. The molecule has 0 atom stereocenters.